The minimum atomic E-state index is -0.136. The van der Waals surface area contributed by atoms with Crippen LogP contribution in [0.5, 0.6) is 11.5 Å². The van der Waals surface area contributed by atoms with E-state index in [0.29, 0.717) is 23.1 Å². The Balaban J connectivity index is 1.48. The maximum Gasteiger partial charge on any atom is 0.234 e. The van der Waals surface area contributed by atoms with Crippen LogP contribution in [0.25, 0.3) is 0 Å². The summed E-state index contributed by atoms with van der Waals surface area (Å²) < 4.78 is 12.2. The van der Waals surface area contributed by atoms with Gasteiger partial charge in [0, 0.05) is 11.8 Å². The summed E-state index contributed by atoms with van der Waals surface area (Å²) in [4.78, 5) is 12.3. The van der Waals surface area contributed by atoms with Crippen molar-refractivity contribution in [2.45, 2.75) is 34.2 Å². The number of nitrogens with zero attached hydrogens (tertiary/aromatic N) is 2. The number of carbonyl (C=O) groups is 1. The Bertz CT molecular complexity index is 1010. The number of amides is 1. The number of hydrogen-bond acceptors (Lipinski definition) is 8. The third kappa shape index (κ3) is 6.88. The third-order valence-electron chi connectivity index (χ3n) is 4.41. The van der Waals surface area contributed by atoms with Crippen molar-refractivity contribution >= 4 is 46.5 Å². The normalized spacial score (nSPS) is 10.9. The van der Waals surface area contributed by atoms with E-state index in [2.05, 4.69) is 53.6 Å². The summed E-state index contributed by atoms with van der Waals surface area (Å²) in [5.41, 5.74) is 3.20. The minimum absolute atomic E-state index is 0.136. The van der Waals surface area contributed by atoms with Crippen LogP contribution in [0.15, 0.2) is 51.1 Å². The lowest BCUT2D eigenvalue weighted by atomic mass is 10.0. The van der Waals surface area contributed by atoms with Crippen molar-refractivity contribution in [3.63, 3.8) is 0 Å². The maximum atomic E-state index is 12.3. The molecule has 0 radical (unpaired) electrons. The molecule has 3 aromatic rings. The number of nitrogens with one attached hydrogen (secondary N) is 1. The van der Waals surface area contributed by atoms with Crippen LogP contribution in [0, 0.1) is 0 Å². The zero-order valence-corrected chi connectivity index (χ0v) is 20.3. The van der Waals surface area contributed by atoms with Gasteiger partial charge in [0.2, 0.25) is 5.91 Å². The van der Waals surface area contributed by atoms with Crippen molar-refractivity contribution in [1.29, 1.82) is 0 Å². The predicted octanol–water partition coefficient (Wildman–Crippen LogP) is 5.70. The SMILES string of the molecule is COc1ccc(NC(=O)CSc2nnc(SCc3ccc(C(C)C)cc3)s2)c(OC)c1. The molecule has 2 aromatic carbocycles. The summed E-state index contributed by atoms with van der Waals surface area (Å²) in [7, 11) is 3.14. The third-order valence-corrected chi connectivity index (χ3v) is 7.67. The average molecular weight is 476 g/mol. The largest absolute Gasteiger partial charge is 0.497 e. The van der Waals surface area contributed by atoms with Gasteiger partial charge in [-0.25, -0.2) is 0 Å². The summed E-state index contributed by atoms with van der Waals surface area (Å²) in [6.45, 7) is 4.38. The van der Waals surface area contributed by atoms with Crippen LogP contribution in [-0.2, 0) is 10.5 Å². The van der Waals surface area contributed by atoms with E-state index in [4.69, 9.17) is 9.47 Å². The van der Waals surface area contributed by atoms with E-state index in [0.717, 1.165) is 14.4 Å². The van der Waals surface area contributed by atoms with Gasteiger partial charge in [-0.1, -0.05) is 73.0 Å². The number of carbonyl (C=O) groups excluding carboxylic acids is 1. The highest BCUT2D eigenvalue weighted by atomic mass is 32.2. The molecule has 31 heavy (non-hydrogen) atoms. The Morgan fingerprint density at radius 1 is 1.03 bits per heavy atom. The number of aromatic nitrogens is 2. The topological polar surface area (TPSA) is 73.3 Å². The molecule has 9 heteroatoms. The molecule has 0 saturated carbocycles. The van der Waals surface area contributed by atoms with Gasteiger partial charge in [-0.2, -0.15) is 0 Å². The molecule has 1 aromatic heterocycles. The fourth-order valence-electron chi connectivity index (χ4n) is 2.67. The number of ether oxygens (including phenoxy) is 2. The summed E-state index contributed by atoms with van der Waals surface area (Å²) in [5, 5.41) is 11.3. The van der Waals surface area contributed by atoms with E-state index in [9.17, 15) is 4.79 Å². The fraction of sp³-hybridized carbons (Fsp3) is 0.318. The molecular weight excluding hydrogens is 450 g/mol. The van der Waals surface area contributed by atoms with Crippen LogP contribution in [0.3, 0.4) is 0 Å². The lowest BCUT2D eigenvalue weighted by Gasteiger charge is -2.11. The first kappa shape index (κ1) is 23.4. The van der Waals surface area contributed by atoms with E-state index in [1.807, 2.05) is 0 Å². The number of benzene rings is 2. The molecule has 3 rings (SSSR count). The zero-order chi connectivity index (χ0) is 22.2. The number of anilines is 1. The molecule has 0 bridgehead atoms. The van der Waals surface area contributed by atoms with Crippen LogP contribution in [0.4, 0.5) is 5.69 Å². The second-order valence-corrected chi connectivity index (χ2v) is 10.3. The second-order valence-electron chi connectivity index (χ2n) is 6.92. The molecule has 1 amide bonds. The first-order valence-electron chi connectivity index (χ1n) is 9.68. The molecule has 164 valence electrons. The molecular formula is C22H25N3O3S3. The standard InChI is InChI=1S/C22H25N3O3S3/c1-14(2)16-7-5-15(6-8-16)12-29-21-24-25-22(31-21)30-13-20(26)23-18-10-9-17(27-3)11-19(18)28-4/h5-11,14H,12-13H2,1-4H3,(H,23,26). The molecule has 0 saturated heterocycles. The van der Waals surface area contributed by atoms with Crippen molar-refractivity contribution in [2.75, 3.05) is 25.3 Å². The molecule has 0 atom stereocenters. The summed E-state index contributed by atoms with van der Waals surface area (Å²) in [6, 6.07) is 13.9. The molecule has 0 aliphatic carbocycles. The molecule has 0 aliphatic heterocycles. The lowest BCUT2D eigenvalue weighted by molar-refractivity contribution is -0.113. The Hall–Kier alpha value is -2.23. The van der Waals surface area contributed by atoms with Crippen molar-refractivity contribution in [3.05, 3.63) is 53.6 Å². The Kier molecular flexibility index (Phi) is 8.62. The van der Waals surface area contributed by atoms with Gasteiger partial charge in [-0.05, 0) is 29.2 Å². The molecule has 0 fully saturated rings. The van der Waals surface area contributed by atoms with E-state index >= 15 is 0 Å². The highest BCUT2D eigenvalue weighted by Gasteiger charge is 2.12. The Morgan fingerprint density at radius 3 is 2.39 bits per heavy atom. The van der Waals surface area contributed by atoms with Crippen molar-refractivity contribution in [3.8, 4) is 11.5 Å². The molecule has 0 unspecified atom stereocenters. The Morgan fingerprint density at radius 2 is 1.74 bits per heavy atom. The Labute approximate surface area is 195 Å². The van der Waals surface area contributed by atoms with Crippen molar-refractivity contribution in [1.82, 2.24) is 10.2 Å². The van der Waals surface area contributed by atoms with Gasteiger partial charge < -0.3 is 14.8 Å². The molecule has 0 aliphatic rings. The maximum absolute atomic E-state index is 12.3. The lowest BCUT2D eigenvalue weighted by Crippen LogP contribution is -2.14. The van der Waals surface area contributed by atoms with Crippen LogP contribution >= 0.6 is 34.9 Å². The molecule has 6 nitrogen and oxygen atoms in total. The number of methoxy groups -OCH3 is 2. The molecule has 0 spiro atoms. The highest BCUT2D eigenvalue weighted by molar-refractivity contribution is 8.03. The van der Waals surface area contributed by atoms with Crippen LogP contribution < -0.4 is 14.8 Å². The number of rotatable bonds is 10. The molecule has 1 heterocycles. The second kappa shape index (κ2) is 11.4. The van der Waals surface area contributed by atoms with E-state index < -0.39 is 0 Å². The van der Waals surface area contributed by atoms with Gasteiger partial charge in [0.15, 0.2) is 8.68 Å². The molecule has 1 N–H and O–H groups in total. The van der Waals surface area contributed by atoms with E-state index in [1.165, 1.54) is 34.2 Å². The van der Waals surface area contributed by atoms with Crippen molar-refractivity contribution < 1.29 is 14.3 Å². The van der Waals surface area contributed by atoms with Gasteiger partial charge >= 0.3 is 0 Å². The summed E-state index contributed by atoms with van der Waals surface area (Å²) in [5.74, 6) is 2.70. The fourth-order valence-corrected chi connectivity index (χ4v) is 5.45. The smallest absolute Gasteiger partial charge is 0.234 e. The van der Waals surface area contributed by atoms with Gasteiger partial charge in [-0.15, -0.1) is 10.2 Å². The summed E-state index contributed by atoms with van der Waals surface area (Å²) in [6.07, 6.45) is 0. The van der Waals surface area contributed by atoms with E-state index in [-0.39, 0.29) is 11.7 Å². The minimum Gasteiger partial charge on any atom is -0.497 e. The van der Waals surface area contributed by atoms with Gasteiger partial charge in [-0.3, -0.25) is 4.79 Å². The quantitative estimate of drug-likeness (QED) is 0.377. The average Bonchev–Trinajstić information content (AvgIpc) is 3.24. The van der Waals surface area contributed by atoms with Gasteiger partial charge in [0.05, 0.1) is 25.7 Å². The monoisotopic (exact) mass is 475 g/mol. The van der Waals surface area contributed by atoms with Crippen molar-refractivity contribution in [2.24, 2.45) is 0 Å². The summed E-state index contributed by atoms with van der Waals surface area (Å²) >= 11 is 4.53. The first-order chi connectivity index (χ1) is 15.0. The van der Waals surface area contributed by atoms with Crippen LogP contribution in [0.2, 0.25) is 0 Å². The van der Waals surface area contributed by atoms with Gasteiger partial charge in [0.25, 0.3) is 0 Å². The zero-order valence-electron chi connectivity index (χ0n) is 17.9. The number of thioether (sulfide) groups is 2. The predicted molar refractivity (Wildman–Crippen MR) is 129 cm³/mol. The van der Waals surface area contributed by atoms with Crippen LogP contribution in [0.1, 0.15) is 30.9 Å². The highest BCUT2D eigenvalue weighted by Crippen LogP contribution is 2.32. The first-order valence-corrected chi connectivity index (χ1v) is 12.5. The van der Waals surface area contributed by atoms with Crippen LogP contribution in [-0.4, -0.2) is 36.1 Å². The van der Waals surface area contributed by atoms with Gasteiger partial charge in [0.1, 0.15) is 11.5 Å². The van der Waals surface area contributed by atoms with E-state index in [1.54, 1.807) is 44.2 Å². The number of hydrogen-bond donors (Lipinski definition) is 1.